The van der Waals surface area contributed by atoms with Gasteiger partial charge in [-0.05, 0) is 61.4 Å². The summed E-state index contributed by atoms with van der Waals surface area (Å²) in [5.41, 5.74) is 4.93. The van der Waals surface area contributed by atoms with E-state index in [0.717, 1.165) is 15.6 Å². The Balaban J connectivity index is 1.54. The molecule has 0 fully saturated rings. The molecule has 154 valence electrons. The molecule has 0 saturated heterocycles. The highest BCUT2D eigenvalue weighted by atomic mass is 79.9. The van der Waals surface area contributed by atoms with E-state index < -0.39 is 10.8 Å². The molecule has 0 aliphatic carbocycles. The minimum atomic E-state index is -0.463. The molecule has 0 spiro atoms. The van der Waals surface area contributed by atoms with Crippen LogP contribution in [0, 0.1) is 24.0 Å². The van der Waals surface area contributed by atoms with Crippen LogP contribution >= 0.6 is 15.9 Å². The molecule has 0 bridgehead atoms. The van der Waals surface area contributed by atoms with Gasteiger partial charge in [-0.15, -0.1) is 0 Å². The van der Waals surface area contributed by atoms with Gasteiger partial charge >= 0.3 is 0 Å². The number of nitro groups is 1. The molecule has 3 aromatic rings. The van der Waals surface area contributed by atoms with E-state index >= 15 is 0 Å². The summed E-state index contributed by atoms with van der Waals surface area (Å²) < 4.78 is 12.2. The minimum Gasteiger partial charge on any atom is -0.483 e. The molecular formula is C21H18BrN3O5. The molecule has 3 rings (SSSR count). The SMILES string of the molecule is Cc1cc(Br)cc(C)c1OCC(=O)NN=Cc1ccc(-c2ccc([N+](=O)[O-])cc2)o1. The van der Waals surface area contributed by atoms with E-state index in [0.29, 0.717) is 22.8 Å². The van der Waals surface area contributed by atoms with Crippen molar-refractivity contribution in [2.45, 2.75) is 13.8 Å². The third-order valence-electron chi connectivity index (χ3n) is 4.14. The monoisotopic (exact) mass is 471 g/mol. The van der Waals surface area contributed by atoms with Crippen molar-refractivity contribution in [3.05, 3.63) is 80.0 Å². The van der Waals surface area contributed by atoms with Crippen molar-refractivity contribution in [1.29, 1.82) is 0 Å². The summed E-state index contributed by atoms with van der Waals surface area (Å²) in [6, 6.07) is 13.2. The number of carbonyl (C=O) groups excluding carboxylic acids is 1. The Labute approximate surface area is 180 Å². The summed E-state index contributed by atoms with van der Waals surface area (Å²) in [6.07, 6.45) is 1.36. The highest BCUT2D eigenvalue weighted by Gasteiger charge is 2.09. The molecule has 0 atom stereocenters. The fraction of sp³-hybridized carbons (Fsp3) is 0.143. The standard InChI is InChI=1S/C21H18BrN3O5/c1-13-9-16(22)10-14(2)21(13)29-12-20(26)24-23-11-18-7-8-19(30-18)15-3-5-17(6-4-15)25(27)28/h3-11H,12H2,1-2H3,(H,24,26). The number of carbonyl (C=O) groups is 1. The summed E-state index contributed by atoms with van der Waals surface area (Å²) in [5, 5.41) is 14.6. The number of nitrogens with one attached hydrogen (secondary N) is 1. The van der Waals surface area contributed by atoms with Crippen molar-refractivity contribution in [2.75, 3.05) is 6.61 Å². The van der Waals surface area contributed by atoms with Crippen LogP contribution in [-0.2, 0) is 4.79 Å². The summed E-state index contributed by atoms with van der Waals surface area (Å²) in [5.74, 6) is 1.21. The Bertz CT molecular complexity index is 1080. The average Bonchev–Trinajstić information content (AvgIpc) is 3.16. The van der Waals surface area contributed by atoms with Gasteiger partial charge in [-0.25, -0.2) is 5.43 Å². The van der Waals surface area contributed by atoms with Gasteiger partial charge in [-0.2, -0.15) is 5.10 Å². The third kappa shape index (κ3) is 5.32. The largest absolute Gasteiger partial charge is 0.483 e. The molecule has 0 aliphatic heterocycles. The molecule has 8 nitrogen and oxygen atoms in total. The third-order valence-corrected chi connectivity index (χ3v) is 4.60. The van der Waals surface area contributed by atoms with Crippen LogP contribution in [0.15, 0.2) is 62.5 Å². The van der Waals surface area contributed by atoms with Crippen LogP contribution in [0.2, 0.25) is 0 Å². The van der Waals surface area contributed by atoms with Crippen LogP contribution in [0.25, 0.3) is 11.3 Å². The van der Waals surface area contributed by atoms with Crippen molar-refractivity contribution in [3.63, 3.8) is 0 Å². The normalized spacial score (nSPS) is 10.9. The quantitative estimate of drug-likeness (QED) is 0.303. The number of ether oxygens (including phenoxy) is 1. The number of nitrogens with zero attached hydrogens (tertiary/aromatic N) is 2. The first kappa shape index (κ1) is 21.3. The predicted molar refractivity (Wildman–Crippen MR) is 116 cm³/mol. The lowest BCUT2D eigenvalue weighted by atomic mass is 10.1. The van der Waals surface area contributed by atoms with Crippen LogP contribution in [-0.4, -0.2) is 23.7 Å². The minimum absolute atomic E-state index is 0.00514. The van der Waals surface area contributed by atoms with Crippen molar-refractivity contribution in [2.24, 2.45) is 5.10 Å². The van der Waals surface area contributed by atoms with E-state index in [1.165, 1.54) is 18.3 Å². The second-order valence-corrected chi connectivity index (χ2v) is 7.37. The van der Waals surface area contributed by atoms with Gasteiger partial charge in [0.1, 0.15) is 17.3 Å². The molecule has 0 aliphatic rings. The number of furan rings is 1. The van der Waals surface area contributed by atoms with Crippen molar-refractivity contribution >= 4 is 33.7 Å². The second kappa shape index (κ2) is 9.36. The first-order valence-electron chi connectivity index (χ1n) is 8.89. The molecule has 1 N–H and O–H groups in total. The summed E-state index contributed by atoms with van der Waals surface area (Å²) in [6.45, 7) is 3.64. The zero-order chi connectivity index (χ0) is 21.7. The lowest BCUT2D eigenvalue weighted by Gasteiger charge is -2.11. The van der Waals surface area contributed by atoms with Crippen molar-refractivity contribution in [3.8, 4) is 17.1 Å². The smallest absolute Gasteiger partial charge is 0.277 e. The number of hydrazone groups is 1. The van der Waals surface area contributed by atoms with E-state index in [2.05, 4.69) is 26.5 Å². The Morgan fingerprint density at radius 3 is 2.50 bits per heavy atom. The maximum Gasteiger partial charge on any atom is 0.277 e. The van der Waals surface area contributed by atoms with E-state index in [-0.39, 0.29) is 12.3 Å². The summed E-state index contributed by atoms with van der Waals surface area (Å²) >= 11 is 3.42. The fourth-order valence-corrected chi connectivity index (χ4v) is 3.47. The van der Waals surface area contributed by atoms with Crippen molar-refractivity contribution < 1.29 is 18.9 Å². The van der Waals surface area contributed by atoms with Crippen LogP contribution < -0.4 is 10.2 Å². The number of aryl methyl sites for hydroxylation is 2. The molecule has 1 amide bonds. The topological polar surface area (TPSA) is 107 Å². The van der Waals surface area contributed by atoms with Crippen LogP contribution in [0.4, 0.5) is 5.69 Å². The first-order chi connectivity index (χ1) is 14.3. The van der Waals surface area contributed by atoms with E-state index in [1.807, 2.05) is 26.0 Å². The molecular weight excluding hydrogens is 454 g/mol. The van der Waals surface area contributed by atoms with Crippen LogP contribution in [0.3, 0.4) is 0 Å². The fourth-order valence-electron chi connectivity index (χ4n) is 2.79. The summed E-state index contributed by atoms with van der Waals surface area (Å²) in [7, 11) is 0. The lowest BCUT2D eigenvalue weighted by Crippen LogP contribution is -2.25. The van der Waals surface area contributed by atoms with E-state index in [9.17, 15) is 14.9 Å². The Kier molecular flexibility index (Phi) is 6.63. The Morgan fingerprint density at radius 2 is 1.87 bits per heavy atom. The molecule has 0 radical (unpaired) electrons. The number of non-ortho nitro benzene ring substituents is 1. The molecule has 9 heteroatoms. The number of hydrogen-bond donors (Lipinski definition) is 1. The predicted octanol–water partition coefficient (Wildman–Crippen LogP) is 4.76. The number of halogens is 1. The lowest BCUT2D eigenvalue weighted by molar-refractivity contribution is -0.384. The van der Waals surface area contributed by atoms with Gasteiger partial charge in [0.25, 0.3) is 11.6 Å². The number of nitro benzene ring substituents is 1. The highest BCUT2D eigenvalue weighted by molar-refractivity contribution is 9.10. The molecule has 2 aromatic carbocycles. The first-order valence-corrected chi connectivity index (χ1v) is 9.69. The van der Waals surface area contributed by atoms with Gasteiger partial charge in [0.05, 0.1) is 11.1 Å². The average molecular weight is 472 g/mol. The van der Waals surface area contributed by atoms with Crippen molar-refractivity contribution in [1.82, 2.24) is 5.43 Å². The van der Waals surface area contributed by atoms with E-state index in [1.54, 1.807) is 24.3 Å². The maximum absolute atomic E-state index is 12.0. The Hall–Kier alpha value is -3.46. The zero-order valence-corrected chi connectivity index (χ0v) is 17.8. The van der Waals surface area contributed by atoms with E-state index in [4.69, 9.17) is 9.15 Å². The van der Waals surface area contributed by atoms with Gasteiger partial charge in [-0.1, -0.05) is 15.9 Å². The number of hydrogen-bond acceptors (Lipinski definition) is 6. The molecule has 30 heavy (non-hydrogen) atoms. The van der Waals surface area contributed by atoms with Gasteiger partial charge in [-0.3, -0.25) is 14.9 Å². The van der Waals surface area contributed by atoms with Gasteiger partial charge in [0.2, 0.25) is 0 Å². The summed E-state index contributed by atoms with van der Waals surface area (Å²) in [4.78, 5) is 22.2. The Morgan fingerprint density at radius 1 is 1.20 bits per heavy atom. The van der Waals surface area contributed by atoms with Gasteiger partial charge < -0.3 is 9.15 Å². The van der Waals surface area contributed by atoms with Gasteiger partial charge in [0.15, 0.2) is 6.61 Å². The zero-order valence-electron chi connectivity index (χ0n) is 16.2. The molecule has 0 saturated carbocycles. The maximum atomic E-state index is 12.0. The second-order valence-electron chi connectivity index (χ2n) is 6.46. The van der Waals surface area contributed by atoms with Gasteiger partial charge in [0, 0.05) is 22.2 Å². The van der Waals surface area contributed by atoms with Crippen LogP contribution in [0.5, 0.6) is 5.75 Å². The van der Waals surface area contributed by atoms with Crippen LogP contribution in [0.1, 0.15) is 16.9 Å². The molecule has 1 aromatic heterocycles. The number of amides is 1. The molecule has 0 unspecified atom stereocenters. The highest BCUT2D eigenvalue weighted by Crippen LogP contribution is 2.27. The number of benzene rings is 2. The number of rotatable bonds is 7. The molecule has 1 heterocycles.